The first kappa shape index (κ1) is 63.3. The lowest BCUT2D eigenvalue weighted by Gasteiger charge is -2.17. The molecule has 5 heterocycles. The zero-order valence-electron chi connectivity index (χ0n) is 51.3. The van der Waals surface area contributed by atoms with Crippen molar-refractivity contribution in [2.45, 2.75) is 113 Å². The van der Waals surface area contributed by atoms with Gasteiger partial charge in [-0.1, -0.05) is 168 Å². The van der Waals surface area contributed by atoms with Crippen LogP contribution in [0.25, 0.3) is 55.0 Å². The molecule has 0 N–H and O–H groups in total. The number of nitrogens with zero attached hydrogens (tertiary/aromatic N) is 9. The van der Waals surface area contributed by atoms with E-state index in [9.17, 15) is 23.6 Å². The van der Waals surface area contributed by atoms with Crippen molar-refractivity contribution in [1.82, 2.24) is 43.2 Å². The number of aromatic nitrogens is 9. The molecule has 0 aliphatic heterocycles. The van der Waals surface area contributed by atoms with Gasteiger partial charge in [-0.25, -0.2) is 24.3 Å². The van der Waals surface area contributed by atoms with E-state index in [0.717, 1.165) is 62.1 Å². The summed E-state index contributed by atoms with van der Waals surface area (Å²) in [6.07, 6.45) is 1.74. The summed E-state index contributed by atoms with van der Waals surface area (Å²) in [6, 6.07) is 51.6. The molecule has 0 amide bonds. The number of halogens is 3. The standard InChI is InChI=1S/C18H16Cl2N2O.C18H17FN2O.C18H19N3O.C18H18N2O/c1-11(2)17-21-15-9-5-8-14(20)16(15)18(23)22(17)10-12-6-3-4-7-13(12)19;1-11(2)17-20-16-8-7-12(3)9-15(16)18(22)21(17)14-6-4-5-13(19)10-14;1-12(2)17-20-16-8-7-13(3)10-15(16)18(22)21(17)11-14-6-4-5-9-19-14;1-12(2)17-19-16-10-9-13(3)11-15(16)18(21)20(17)14-7-5-4-6-8-14/h3-9,11H,10H2,1-2H3;4-11H,1-3H3;4-10,12H,11H2,1-3H3;4-12H,1-3H3. The third kappa shape index (κ3) is 14.1. The third-order valence-corrected chi connectivity index (χ3v) is 15.4. The molecular formula is C72H70Cl2FN9O4. The highest BCUT2D eigenvalue weighted by Gasteiger charge is 2.20. The van der Waals surface area contributed by atoms with Gasteiger partial charge in [-0.3, -0.25) is 42.4 Å². The van der Waals surface area contributed by atoms with Crippen LogP contribution >= 0.6 is 23.2 Å². The molecule has 13 nitrogen and oxygen atoms in total. The predicted molar refractivity (Wildman–Crippen MR) is 356 cm³/mol. The lowest BCUT2D eigenvalue weighted by molar-refractivity contribution is 0.624. The van der Waals surface area contributed by atoms with E-state index in [-0.39, 0.29) is 51.7 Å². The van der Waals surface area contributed by atoms with Gasteiger partial charge in [0, 0.05) is 34.9 Å². The molecule has 0 fully saturated rings. The van der Waals surface area contributed by atoms with E-state index in [2.05, 4.69) is 42.6 Å². The third-order valence-electron chi connectivity index (χ3n) is 14.7. The Hall–Kier alpha value is -9.24. The first-order valence-corrected chi connectivity index (χ1v) is 30.1. The summed E-state index contributed by atoms with van der Waals surface area (Å²) in [4.78, 5) is 74.8. The van der Waals surface area contributed by atoms with Crippen LogP contribution in [0.4, 0.5) is 4.39 Å². The van der Waals surface area contributed by atoms with Gasteiger partial charge < -0.3 is 0 Å². The highest BCUT2D eigenvalue weighted by molar-refractivity contribution is 6.35. The Kier molecular flexibility index (Phi) is 19.9. The number of fused-ring (bicyclic) bond motifs is 4. The van der Waals surface area contributed by atoms with E-state index in [4.69, 9.17) is 33.2 Å². The van der Waals surface area contributed by atoms with Gasteiger partial charge in [0.05, 0.1) is 78.8 Å². The van der Waals surface area contributed by atoms with Gasteiger partial charge in [0.1, 0.15) is 29.1 Å². The number of benzene rings is 7. The zero-order valence-corrected chi connectivity index (χ0v) is 52.8. The van der Waals surface area contributed by atoms with Gasteiger partial charge in [0.15, 0.2) is 0 Å². The van der Waals surface area contributed by atoms with Crippen molar-refractivity contribution in [2.24, 2.45) is 0 Å². The summed E-state index contributed by atoms with van der Waals surface area (Å²) in [7, 11) is 0. The fourth-order valence-electron chi connectivity index (χ4n) is 10.3. The van der Waals surface area contributed by atoms with Crippen LogP contribution in [0.5, 0.6) is 0 Å². The zero-order chi connectivity index (χ0) is 63.1. The first-order valence-electron chi connectivity index (χ1n) is 29.3. The highest BCUT2D eigenvalue weighted by Crippen LogP contribution is 2.26. The maximum atomic E-state index is 13.6. The van der Waals surface area contributed by atoms with Gasteiger partial charge in [0.2, 0.25) is 0 Å². The summed E-state index contributed by atoms with van der Waals surface area (Å²) < 4.78 is 20.2. The van der Waals surface area contributed by atoms with Gasteiger partial charge in [0.25, 0.3) is 22.2 Å². The van der Waals surface area contributed by atoms with Gasteiger partial charge in [-0.05, 0) is 123 Å². The SMILES string of the molecule is CC(C)c1nc2cccc(Cl)c2c(=O)n1Cc1ccccc1Cl.Cc1ccc2nc(C(C)C)n(-c3cccc(F)c3)c(=O)c2c1.Cc1ccc2nc(C(C)C)n(-c3ccccc3)c(=O)c2c1.Cc1ccc2nc(C(C)C)n(Cc3ccccn3)c(=O)c2c1. The maximum Gasteiger partial charge on any atom is 0.265 e. The lowest BCUT2D eigenvalue weighted by atomic mass is 10.1. The van der Waals surface area contributed by atoms with Crippen LogP contribution in [0.15, 0.2) is 195 Å². The second-order valence-electron chi connectivity index (χ2n) is 23.0. The number of para-hydroxylation sites is 1. The largest absolute Gasteiger partial charge is 0.291 e. The molecule has 0 radical (unpaired) electrons. The Bertz CT molecular complexity index is 4770. The Balaban J connectivity index is 0.000000140. The molecular weight excluding hydrogens is 1140 g/mol. The summed E-state index contributed by atoms with van der Waals surface area (Å²) in [5.41, 5.74) is 8.76. The molecule has 0 atom stereocenters. The molecule has 0 saturated carbocycles. The summed E-state index contributed by atoms with van der Waals surface area (Å²) in [5, 5.41) is 3.39. The average molecular weight is 1220 g/mol. The normalized spacial score (nSPS) is 11.3. The summed E-state index contributed by atoms with van der Waals surface area (Å²) in [5.74, 6) is 3.07. The van der Waals surface area contributed by atoms with E-state index in [0.29, 0.717) is 67.2 Å². The summed E-state index contributed by atoms with van der Waals surface area (Å²) >= 11 is 12.5. The minimum absolute atomic E-state index is 0.00130. The Morgan fingerprint density at radius 2 is 0.852 bits per heavy atom. The van der Waals surface area contributed by atoms with Crippen LogP contribution < -0.4 is 22.2 Å². The summed E-state index contributed by atoms with van der Waals surface area (Å²) in [6.45, 7) is 22.9. The van der Waals surface area contributed by atoms with Crippen molar-refractivity contribution in [1.29, 1.82) is 0 Å². The minimum Gasteiger partial charge on any atom is -0.291 e. The van der Waals surface area contributed by atoms with Crippen molar-refractivity contribution >= 4 is 66.8 Å². The van der Waals surface area contributed by atoms with E-state index in [1.807, 2.05) is 182 Å². The lowest BCUT2D eigenvalue weighted by Crippen LogP contribution is -2.27. The second kappa shape index (κ2) is 27.6. The molecule has 0 aliphatic carbocycles. The molecule has 88 heavy (non-hydrogen) atoms. The monoisotopic (exact) mass is 1210 g/mol. The Morgan fingerprint density at radius 3 is 1.36 bits per heavy atom. The number of hydrogen-bond acceptors (Lipinski definition) is 9. The van der Waals surface area contributed by atoms with Crippen molar-refractivity contribution in [3.05, 3.63) is 285 Å². The van der Waals surface area contributed by atoms with Crippen LogP contribution in [-0.4, -0.2) is 43.2 Å². The van der Waals surface area contributed by atoms with Crippen LogP contribution in [0.2, 0.25) is 10.0 Å². The van der Waals surface area contributed by atoms with Gasteiger partial charge in [-0.15, -0.1) is 0 Å². The first-order chi connectivity index (χ1) is 42.1. The molecule has 0 unspecified atom stereocenters. The van der Waals surface area contributed by atoms with Crippen molar-refractivity contribution in [2.75, 3.05) is 0 Å². The maximum absolute atomic E-state index is 13.6. The molecule has 16 heteroatoms. The molecule has 12 rings (SSSR count). The molecule has 12 aromatic rings. The van der Waals surface area contributed by atoms with Crippen LogP contribution in [0.1, 0.15) is 130 Å². The number of aryl methyl sites for hydroxylation is 3. The fourth-order valence-corrected chi connectivity index (χ4v) is 10.8. The smallest absolute Gasteiger partial charge is 0.265 e. The van der Waals surface area contributed by atoms with E-state index in [1.54, 1.807) is 44.2 Å². The molecule has 0 spiro atoms. The van der Waals surface area contributed by atoms with E-state index >= 15 is 0 Å². The van der Waals surface area contributed by atoms with Gasteiger partial charge >= 0.3 is 0 Å². The number of pyridine rings is 1. The molecule has 448 valence electrons. The Labute approximate surface area is 520 Å². The fraction of sp³-hybridized carbons (Fsp3) is 0.236. The van der Waals surface area contributed by atoms with Gasteiger partial charge in [-0.2, -0.15) is 0 Å². The van der Waals surface area contributed by atoms with Crippen molar-refractivity contribution in [3.63, 3.8) is 0 Å². The molecule has 0 bridgehead atoms. The second-order valence-corrected chi connectivity index (χ2v) is 23.8. The molecule has 7 aromatic carbocycles. The number of hydrogen-bond donors (Lipinski definition) is 0. The topological polar surface area (TPSA) is 152 Å². The van der Waals surface area contributed by atoms with Crippen molar-refractivity contribution in [3.8, 4) is 11.4 Å². The molecule has 0 saturated heterocycles. The molecule has 5 aromatic heterocycles. The molecule has 0 aliphatic rings. The van der Waals surface area contributed by atoms with E-state index < -0.39 is 0 Å². The Morgan fingerprint density at radius 1 is 0.409 bits per heavy atom. The number of rotatable bonds is 10. The van der Waals surface area contributed by atoms with Crippen LogP contribution in [0, 0.1) is 26.6 Å². The average Bonchev–Trinajstić information content (AvgIpc) is 1.49. The highest BCUT2D eigenvalue weighted by atomic mass is 35.5. The predicted octanol–water partition coefficient (Wildman–Crippen LogP) is 15.9. The van der Waals surface area contributed by atoms with E-state index in [1.165, 1.54) is 16.7 Å². The van der Waals surface area contributed by atoms with Crippen LogP contribution in [-0.2, 0) is 13.1 Å². The quantitative estimate of drug-likeness (QED) is 0.130. The van der Waals surface area contributed by atoms with Crippen LogP contribution in [0.3, 0.4) is 0 Å². The van der Waals surface area contributed by atoms with Crippen molar-refractivity contribution < 1.29 is 4.39 Å². The minimum atomic E-state index is -0.372.